The first-order valence-electron chi connectivity index (χ1n) is 6.34. The van der Waals surface area contributed by atoms with Crippen LogP contribution in [0.5, 0.6) is 0 Å². The van der Waals surface area contributed by atoms with Gasteiger partial charge in [0.1, 0.15) is 5.76 Å². The smallest absolute Gasteiger partial charge is 0.111 e. The molecule has 0 amide bonds. The second-order valence-corrected chi connectivity index (χ2v) is 4.69. The summed E-state index contributed by atoms with van der Waals surface area (Å²) < 4.78 is 5.53. The van der Waals surface area contributed by atoms with E-state index < -0.39 is 0 Å². The fraction of sp³-hybridized carbons (Fsp3) is 0.375. The fourth-order valence-corrected chi connectivity index (χ4v) is 2.20. The Bertz CT molecular complexity index is 471. The Kier molecular flexibility index (Phi) is 3.68. The molecule has 17 heavy (non-hydrogen) atoms. The molecule has 0 N–H and O–H groups in total. The van der Waals surface area contributed by atoms with Gasteiger partial charge in [-0.3, -0.25) is 0 Å². The van der Waals surface area contributed by atoms with Crippen LogP contribution in [0.25, 0.3) is 5.57 Å². The molecule has 1 aliphatic rings. The standard InChI is InChI=1S/C16H20O/c1-4-5-16-15(10-11-17-16)13(3)14-8-6-12(2)7-9-14/h6,8,10-11H,3-5,7,9H2,1-2H3. The first kappa shape index (κ1) is 12.0. The molecule has 1 aliphatic carbocycles. The van der Waals surface area contributed by atoms with Crippen LogP contribution in [0.15, 0.2) is 46.6 Å². The largest absolute Gasteiger partial charge is 0.469 e. The topological polar surface area (TPSA) is 13.1 Å². The van der Waals surface area contributed by atoms with Crippen molar-refractivity contribution >= 4 is 5.57 Å². The zero-order valence-electron chi connectivity index (χ0n) is 10.8. The van der Waals surface area contributed by atoms with E-state index in [0.717, 1.165) is 37.0 Å². The van der Waals surface area contributed by atoms with Gasteiger partial charge < -0.3 is 4.42 Å². The van der Waals surface area contributed by atoms with Gasteiger partial charge in [0.15, 0.2) is 0 Å². The van der Waals surface area contributed by atoms with Gasteiger partial charge in [0, 0.05) is 12.0 Å². The van der Waals surface area contributed by atoms with E-state index in [1.165, 1.54) is 16.7 Å². The maximum Gasteiger partial charge on any atom is 0.111 e. The van der Waals surface area contributed by atoms with Crippen LogP contribution in [-0.4, -0.2) is 0 Å². The molecule has 0 unspecified atom stereocenters. The molecule has 0 radical (unpaired) electrons. The highest BCUT2D eigenvalue weighted by Crippen LogP contribution is 2.31. The summed E-state index contributed by atoms with van der Waals surface area (Å²) in [5.74, 6) is 1.07. The minimum Gasteiger partial charge on any atom is -0.469 e. The molecule has 0 aromatic carbocycles. The lowest BCUT2D eigenvalue weighted by Gasteiger charge is -2.14. The molecule has 0 spiro atoms. The predicted octanol–water partition coefficient (Wildman–Crippen LogP) is 4.91. The first-order chi connectivity index (χ1) is 8.22. The van der Waals surface area contributed by atoms with Gasteiger partial charge in [0.05, 0.1) is 6.26 Å². The van der Waals surface area contributed by atoms with Crippen molar-refractivity contribution in [3.05, 3.63) is 53.5 Å². The molecule has 0 saturated heterocycles. The lowest BCUT2D eigenvalue weighted by atomic mass is 9.90. The van der Waals surface area contributed by atoms with E-state index in [-0.39, 0.29) is 0 Å². The van der Waals surface area contributed by atoms with E-state index in [0.29, 0.717) is 0 Å². The summed E-state index contributed by atoms with van der Waals surface area (Å²) in [6.07, 6.45) is 10.5. The highest BCUT2D eigenvalue weighted by molar-refractivity contribution is 5.79. The molecule has 1 nitrogen and oxygen atoms in total. The Balaban J connectivity index is 2.22. The number of hydrogen-bond donors (Lipinski definition) is 0. The Morgan fingerprint density at radius 2 is 2.18 bits per heavy atom. The van der Waals surface area contributed by atoms with Gasteiger partial charge in [0.2, 0.25) is 0 Å². The quantitative estimate of drug-likeness (QED) is 0.713. The van der Waals surface area contributed by atoms with Gasteiger partial charge in [-0.15, -0.1) is 0 Å². The third-order valence-electron chi connectivity index (χ3n) is 3.29. The van der Waals surface area contributed by atoms with Crippen molar-refractivity contribution in [2.24, 2.45) is 0 Å². The maximum atomic E-state index is 5.53. The van der Waals surface area contributed by atoms with Crippen molar-refractivity contribution in [1.82, 2.24) is 0 Å². The van der Waals surface area contributed by atoms with E-state index in [1.54, 1.807) is 6.26 Å². The highest BCUT2D eigenvalue weighted by atomic mass is 16.3. The van der Waals surface area contributed by atoms with Crippen molar-refractivity contribution in [3.63, 3.8) is 0 Å². The second kappa shape index (κ2) is 5.22. The van der Waals surface area contributed by atoms with Gasteiger partial charge in [-0.1, -0.05) is 31.2 Å². The zero-order valence-corrected chi connectivity index (χ0v) is 10.8. The molecule has 0 saturated carbocycles. The van der Waals surface area contributed by atoms with E-state index in [4.69, 9.17) is 4.42 Å². The molecule has 0 atom stereocenters. The summed E-state index contributed by atoms with van der Waals surface area (Å²) in [6.45, 7) is 8.58. The summed E-state index contributed by atoms with van der Waals surface area (Å²) in [4.78, 5) is 0. The monoisotopic (exact) mass is 228 g/mol. The van der Waals surface area contributed by atoms with Crippen LogP contribution >= 0.6 is 0 Å². The molecule has 1 heteroatoms. The highest BCUT2D eigenvalue weighted by Gasteiger charge is 2.13. The predicted molar refractivity (Wildman–Crippen MR) is 72.8 cm³/mol. The van der Waals surface area contributed by atoms with Gasteiger partial charge in [-0.05, 0) is 43.4 Å². The van der Waals surface area contributed by atoms with Crippen LogP contribution in [0, 0.1) is 0 Å². The van der Waals surface area contributed by atoms with Crippen LogP contribution in [0.2, 0.25) is 0 Å². The number of rotatable bonds is 4. The van der Waals surface area contributed by atoms with Crippen LogP contribution in [-0.2, 0) is 6.42 Å². The zero-order chi connectivity index (χ0) is 12.3. The van der Waals surface area contributed by atoms with E-state index in [1.807, 2.05) is 6.07 Å². The summed E-state index contributed by atoms with van der Waals surface area (Å²) in [5.41, 5.74) is 5.11. The molecular formula is C16H20O. The SMILES string of the molecule is C=C(C1=CC=C(C)CC1)c1ccoc1CCC. The molecule has 2 rings (SSSR count). The lowest BCUT2D eigenvalue weighted by molar-refractivity contribution is 0.505. The minimum atomic E-state index is 0.990. The fourth-order valence-electron chi connectivity index (χ4n) is 2.20. The Morgan fingerprint density at radius 3 is 2.82 bits per heavy atom. The molecule has 0 bridgehead atoms. The number of furan rings is 1. The van der Waals surface area contributed by atoms with E-state index in [2.05, 4.69) is 32.6 Å². The normalized spacial score (nSPS) is 15.4. The molecule has 0 fully saturated rings. The van der Waals surface area contributed by atoms with Crippen LogP contribution in [0.3, 0.4) is 0 Å². The van der Waals surface area contributed by atoms with Crippen molar-refractivity contribution in [2.75, 3.05) is 0 Å². The van der Waals surface area contributed by atoms with Gasteiger partial charge in [-0.25, -0.2) is 0 Å². The maximum absolute atomic E-state index is 5.53. The summed E-state index contributed by atoms with van der Waals surface area (Å²) in [5, 5.41) is 0. The number of aryl methyl sites for hydroxylation is 1. The van der Waals surface area contributed by atoms with E-state index >= 15 is 0 Å². The minimum absolute atomic E-state index is 0.990. The van der Waals surface area contributed by atoms with Crippen molar-refractivity contribution < 1.29 is 4.42 Å². The van der Waals surface area contributed by atoms with E-state index in [9.17, 15) is 0 Å². The first-order valence-corrected chi connectivity index (χ1v) is 6.34. The molecular weight excluding hydrogens is 208 g/mol. The van der Waals surface area contributed by atoms with Crippen molar-refractivity contribution in [1.29, 1.82) is 0 Å². The number of hydrogen-bond acceptors (Lipinski definition) is 1. The molecule has 1 aromatic heterocycles. The molecule has 1 aromatic rings. The van der Waals surface area contributed by atoms with Crippen molar-refractivity contribution in [2.45, 2.75) is 39.5 Å². The van der Waals surface area contributed by atoms with Crippen LogP contribution in [0.1, 0.15) is 44.4 Å². The summed E-state index contributed by atoms with van der Waals surface area (Å²) in [7, 11) is 0. The van der Waals surface area contributed by atoms with Crippen molar-refractivity contribution in [3.8, 4) is 0 Å². The van der Waals surface area contributed by atoms with Gasteiger partial charge in [0.25, 0.3) is 0 Å². The third kappa shape index (κ3) is 2.60. The molecule has 90 valence electrons. The number of allylic oxidation sites excluding steroid dienone is 5. The summed E-state index contributed by atoms with van der Waals surface area (Å²) in [6, 6.07) is 2.04. The average Bonchev–Trinajstić information content (AvgIpc) is 2.78. The van der Waals surface area contributed by atoms with Crippen LogP contribution in [0.4, 0.5) is 0 Å². The Labute approximate surface area is 104 Å². The van der Waals surface area contributed by atoms with Gasteiger partial charge in [-0.2, -0.15) is 0 Å². The molecule has 1 heterocycles. The Hall–Kier alpha value is -1.50. The molecule has 0 aliphatic heterocycles. The Morgan fingerprint density at radius 1 is 1.35 bits per heavy atom. The third-order valence-corrected chi connectivity index (χ3v) is 3.29. The lowest BCUT2D eigenvalue weighted by Crippen LogP contribution is -1.96. The summed E-state index contributed by atoms with van der Waals surface area (Å²) >= 11 is 0. The average molecular weight is 228 g/mol. The van der Waals surface area contributed by atoms with Gasteiger partial charge >= 0.3 is 0 Å². The van der Waals surface area contributed by atoms with Crippen LogP contribution < -0.4 is 0 Å². The second-order valence-electron chi connectivity index (χ2n) is 4.69.